The lowest BCUT2D eigenvalue weighted by atomic mass is 10.1. The molecule has 0 heterocycles. The molecule has 3 nitrogen and oxygen atoms in total. The molecule has 0 aromatic heterocycles. The first-order chi connectivity index (χ1) is 10.3. The monoisotopic (exact) mass is 285 g/mol. The first-order valence-corrected chi connectivity index (χ1v) is 7.07. The predicted octanol–water partition coefficient (Wildman–Crippen LogP) is 2.52. The molecule has 2 aromatic carbocycles. The number of halogens is 1. The Balaban J connectivity index is 1.71. The van der Waals surface area contributed by atoms with E-state index in [4.69, 9.17) is 5.73 Å². The van der Waals surface area contributed by atoms with Crippen LogP contribution in [0.25, 0.3) is 0 Å². The molecule has 0 radical (unpaired) electrons. The van der Waals surface area contributed by atoms with Gasteiger partial charge < -0.3 is 11.1 Å². The SMILES string of the molecule is NC(=NCCc1ccccc1F)NCCc1ccccc1. The van der Waals surface area contributed by atoms with E-state index in [1.54, 1.807) is 12.1 Å². The Bertz CT molecular complexity index is 582. The number of rotatable bonds is 6. The molecule has 0 saturated heterocycles. The number of aliphatic imine (C=N–C) groups is 1. The third-order valence-electron chi connectivity index (χ3n) is 3.18. The van der Waals surface area contributed by atoms with Gasteiger partial charge in [-0.1, -0.05) is 48.5 Å². The van der Waals surface area contributed by atoms with E-state index in [9.17, 15) is 4.39 Å². The van der Waals surface area contributed by atoms with E-state index in [0.29, 0.717) is 24.5 Å². The molecule has 4 heteroatoms. The third-order valence-corrected chi connectivity index (χ3v) is 3.18. The Morgan fingerprint density at radius 2 is 1.71 bits per heavy atom. The predicted molar refractivity (Wildman–Crippen MR) is 84.7 cm³/mol. The van der Waals surface area contributed by atoms with Crippen LogP contribution in [0, 0.1) is 5.82 Å². The van der Waals surface area contributed by atoms with E-state index >= 15 is 0 Å². The summed E-state index contributed by atoms with van der Waals surface area (Å²) < 4.78 is 13.4. The molecule has 0 fully saturated rings. The highest BCUT2D eigenvalue weighted by Gasteiger charge is 1.99. The minimum absolute atomic E-state index is 0.191. The van der Waals surface area contributed by atoms with Gasteiger partial charge in [0.2, 0.25) is 0 Å². The number of nitrogens with zero attached hydrogens (tertiary/aromatic N) is 1. The van der Waals surface area contributed by atoms with Crippen molar-refractivity contribution in [1.29, 1.82) is 0 Å². The molecule has 0 spiro atoms. The Kier molecular flexibility index (Phi) is 5.76. The molecule has 0 bridgehead atoms. The minimum Gasteiger partial charge on any atom is -0.370 e. The average molecular weight is 285 g/mol. The van der Waals surface area contributed by atoms with Gasteiger partial charge in [-0.25, -0.2) is 4.39 Å². The van der Waals surface area contributed by atoms with E-state index in [0.717, 1.165) is 13.0 Å². The maximum atomic E-state index is 13.4. The summed E-state index contributed by atoms with van der Waals surface area (Å²) in [6.07, 6.45) is 1.44. The molecule has 0 saturated carbocycles. The van der Waals surface area contributed by atoms with Gasteiger partial charge in [0.25, 0.3) is 0 Å². The molecule has 0 aliphatic rings. The van der Waals surface area contributed by atoms with Gasteiger partial charge in [-0.15, -0.1) is 0 Å². The first-order valence-electron chi connectivity index (χ1n) is 7.07. The maximum absolute atomic E-state index is 13.4. The topological polar surface area (TPSA) is 50.4 Å². The van der Waals surface area contributed by atoms with Gasteiger partial charge in [-0.3, -0.25) is 4.99 Å². The Morgan fingerprint density at radius 3 is 2.48 bits per heavy atom. The van der Waals surface area contributed by atoms with Crippen LogP contribution >= 0.6 is 0 Å². The van der Waals surface area contributed by atoms with Gasteiger partial charge in [0, 0.05) is 13.1 Å². The average Bonchev–Trinajstić information content (AvgIpc) is 2.50. The summed E-state index contributed by atoms with van der Waals surface area (Å²) in [4.78, 5) is 4.21. The van der Waals surface area contributed by atoms with Gasteiger partial charge in [0.15, 0.2) is 5.96 Å². The summed E-state index contributed by atoms with van der Waals surface area (Å²) in [5.74, 6) is 0.213. The molecular formula is C17H20FN3. The highest BCUT2D eigenvalue weighted by molar-refractivity contribution is 5.77. The Hall–Kier alpha value is -2.36. The van der Waals surface area contributed by atoms with E-state index in [1.807, 2.05) is 24.3 Å². The van der Waals surface area contributed by atoms with Gasteiger partial charge in [-0.2, -0.15) is 0 Å². The van der Waals surface area contributed by atoms with Crippen LogP contribution in [0.4, 0.5) is 4.39 Å². The van der Waals surface area contributed by atoms with Crippen molar-refractivity contribution in [3.05, 3.63) is 71.5 Å². The maximum Gasteiger partial charge on any atom is 0.188 e. The second-order valence-electron chi connectivity index (χ2n) is 4.77. The molecule has 0 unspecified atom stereocenters. The summed E-state index contributed by atoms with van der Waals surface area (Å²) in [6, 6.07) is 16.9. The summed E-state index contributed by atoms with van der Waals surface area (Å²) in [7, 11) is 0. The van der Waals surface area contributed by atoms with Crippen LogP contribution in [0.15, 0.2) is 59.6 Å². The standard InChI is InChI=1S/C17H20FN3/c18-16-9-5-4-8-15(16)11-13-21-17(19)20-12-10-14-6-2-1-3-7-14/h1-9H,10-13H2,(H3,19,20,21). The Labute approximate surface area is 124 Å². The number of hydrogen-bond acceptors (Lipinski definition) is 1. The zero-order valence-electron chi connectivity index (χ0n) is 11.9. The number of hydrogen-bond donors (Lipinski definition) is 2. The molecular weight excluding hydrogens is 265 g/mol. The van der Waals surface area contributed by atoms with Gasteiger partial charge in [0.05, 0.1) is 0 Å². The van der Waals surface area contributed by atoms with Gasteiger partial charge >= 0.3 is 0 Å². The molecule has 2 aromatic rings. The summed E-state index contributed by atoms with van der Waals surface area (Å²) >= 11 is 0. The smallest absolute Gasteiger partial charge is 0.188 e. The van der Waals surface area contributed by atoms with Crippen molar-refractivity contribution in [3.8, 4) is 0 Å². The van der Waals surface area contributed by atoms with Crippen LogP contribution in [-0.4, -0.2) is 19.0 Å². The first kappa shape index (κ1) is 15.0. The van der Waals surface area contributed by atoms with Crippen molar-refractivity contribution in [2.75, 3.05) is 13.1 Å². The van der Waals surface area contributed by atoms with Crippen molar-refractivity contribution in [3.63, 3.8) is 0 Å². The van der Waals surface area contributed by atoms with E-state index < -0.39 is 0 Å². The number of guanidine groups is 1. The normalized spacial score (nSPS) is 11.4. The summed E-state index contributed by atoms with van der Waals surface area (Å²) in [6.45, 7) is 1.21. The Morgan fingerprint density at radius 1 is 1.00 bits per heavy atom. The minimum atomic E-state index is -0.191. The fraction of sp³-hybridized carbons (Fsp3) is 0.235. The van der Waals surface area contributed by atoms with Crippen molar-refractivity contribution >= 4 is 5.96 Å². The molecule has 0 amide bonds. The largest absolute Gasteiger partial charge is 0.370 e. The number of nitrogens with one attached hydrogen (secondary N) is 1. The molecule has 2 rings (SSSR count). The van der Waals surface area contributed by atoms with Crippen LogP contribution in [0.2, 0.25) is 0 Å². The van der Waals surface area contributed by atoms with Crippen LogP contribution in [0.3, 0.4) is 0 Å². The fourth-order valence-corrected chi connectivity index (χ4v) is 2.03. The van der Waals surface area contributed by atoms with Crippen LogP contribution in [-0.2, 0) is 12.8 Å². The third kappa shape index (κ3) is 5.26. The quantitative estimate of drug-likeness (QED) is 0.633. The van der Waals surface area contributed by atoms with Gasteiger partial charge in [-0.05, 0) is 30.0 Å². The van der Waals surface area contributed by atoms with E-state index in [2.05, 4.69) is 22.4 Å². The second kappa shape index (κ2) is 8.04. The highest BCUT2D eigenvalue weighted by atomic mass is 19.1. The zero-order chi connectivity index (χ0) is 14.9. The molecule has 3 N–H and O–H groups in total. The van der Waals surface area contributed by atoms with Crippen LogP contribution in [0.5, 0.6) is 0 Å². The van der Waals surface area contributed by atoms with Crippen molar-refractivity contribution in [2.24, 2.45) is 10.7 Å². The summed E-state index contributed by atoms with van der Waals surface area (Å²) in [5.41, 5.74) is 7.70. The summed E-state index contributed by atoms with van der Waals surface area (Å²) in [5, 5.41) is 3.07. The van der Waals surface area contributed by atoms with Crippen molar-refractivity contribution < 1.29 is 4.39 Å². The molecule has 0 aliphatic carbocycles. The zero-order valence-corrected chi connectivity index (χ0v) is 11.9. The van der Waals surface area contributed by atoms with Crippen molar-refractivity contribution in [2.45, 2.75) is 12.8 Å². The van der Waals surface area contributed by atoms with Gasteiger partial charge in [0.1, 0.15) is 5.82 Å². The second-order valence-corrected chi connectivity index (χ2v) is 4.77. The molecule has 0 aliphatic heterocycles. The highest BCUT2D eigenvalue weighted by Crippen LogP contribution is 2.06. The fourth-order valence-electron chi connectivity index (χ4n) is 2.03. The van der Waals surface area contributed by atoms with E-state index in [-0.39, 0.29) is 5.82 Å². The van der Waals surface area contributed by atoms with Crippen molar-refractivity contribution in [1.82, 2.24) is 5.32 Å². The van der Waals surface area contributed by atoms with Crippen LogP contribution in [0.1, 0.15) is 11.1 Å². The molecule has 110 valence electrons. The molecule has 21 heavy (non-hydrogen) atoms. The number of nitrogens with two attached hydrogens (primary N) is 1. The lowest BCUT2D eigenvalue weighted by Gasteiger charge is -2.06. The number of benzene rings is 2. The lowest BCUT2D eigenvalue weighted by molar-refractivity contribution is 0.609. The van der Waals surface area contributed by atoms with E-state index in [1.165, 1.54) is 11.6 Å². The molecule has 0 atom stereocenters. The van der Waals surface area contributed by atoms with Crippen LogP contribution < -0.4 is 11.1 Å². The lowest BCUT2D eigenvalue weighted by Crippen LogP contribution is -2.33.